The average molecular weight is 370 g/mol. The number of fused-ring (bicyclic) bond motifs is 2. The van der Waals surface area contributed by atoms with Crippen LogP contribution in [0, 0.1) is 0 Å². The van der Waals surface area contributed by atoms with E-state index < -0.39 is 10.0 Å². The second-order valence-corrected chi connectivity index (χ2v) is 9.20. The van der Waals surface area contributed by atoms with Gasteiger partial charge in [-0.15, -0.1) is 0 Å². The van der Waals surface area contributed by atoms with E-state index in [4.69, 9.17) is 0 Å². The fraction of sp³-hybridized carbons (Fsp3) is 0.350. The topological polar surface area (TPSA) is 57.7 Å². The number of rotatable bonds is 2. The molecule has 0 radical (unpaired) electrons. The van der Waals surface area contributed by atoms with Crippen LogP contribution in [0.25, 0.3) is 0 Å². The van der Waals surface area contributed by atoms with Crippen molar-refractivity contribution in [2.45, 2.75) is 18.3 Å². The van der Waals surface area contributed by atoms with Crippen LogP contribution in [0.5, 0.6) is 0 Å². The van der Waals surface area contributed by atoms with E-state index in [9.17, 15) is 13.2 Å². The van der Waals surface area contributed by atoms with Crippen molar-refractivity contribution in [3.05, 3.63) is 65.7 Å². The number of sulfonamides is 1. The van der Waals surface area contributed by atoms with Crippen LogP contribution in [-0.4, -0.2) is 44.5 Å². The Hall–Kier alpha value is -2.18. The predicted molar refractivity (Wildman–Crippen MR) is 102 cm³/mol. The molecule has 2 aromatic rings. The molecule has 2 heterocycles. The molecule has 0 unspecified atom stereocenters. The molecule has 0 N–H and O–H groups in total. The summed E-state index contributed by atoms with van der Waals surface area (Å²) in [6.07, 6.45) is 2.70. The minimum absolute atomic E-state index is 0.0166. The van der Waals surface area contributed by atoms with Gasteiger partial charge in [0.05, 0.1) is 6.26 Å². The van der Waals surface area contributed by atoms with Crippen molar-refractivity contribution in [2.24, 2.45) is 0 Å². The summed E-state index contributed by atoms with van der Waals surface area (Å²) in [6.45, 7) is 1.57. The molecule has 1 fully saturated rings. The first-order valence-electron chi connectivity index (χ1n) is 8.82. The number of hydrogen-bond donors (Lipinski definition) is 0. The van der Waals surface area contributed by atoms with Crippen LogP contribution in [-0.2, 0) is 15.4 Å². The molecule has 0 aliphatic carbocycles. The van der Waals surface area contributed by atoms with Crippen molar-refractivity contribution in [1.82, 2.24) is 4.31 Å². The zero-order valence-electron chi connectivity index (χ0n) is 14.8. The number of carbonyl (C=O) groups is 1. The molecule has 5 nitrogen and oxygen atoms in total. The maximum Gasteiger partial charge on any atom is 0.258 e. The van der Waals surface area contributed by atoms with Crippen molar-refractivity contribution >= 4 is 21.6 Å². The van der Waals surface area contributed by atoms with E-state index >= 15 is 0 Å². The third-order valence-electron chi connectivity index (χ3n) is 5.65. The lowest BCUT2D eigenvalue weighted by atomic mass is 9.69. The first kappa shape index (κ1) is 17.2. The smallest absolute Gasteiger partial charge is 0.258 e. The van der Waals surface area contributed by atoms with Gasteiger partial charge in [0.2, 0.25) is 10.0 Å². The molecule has 0 saturated carbocycles. The number of benzene rings is 2. The maximum atomic E-state index is 13.1. The summed E-state index contributed by atoms with van der Waals surface area (Å²) in [5, 5.41) is 0. The highest BCUT2D eigenvalue weighted by Crippen LogP contribution is 2.43. The first-order valence-corrected chi connectivity index (χ1v) is 10.7. The summed E-state index contributed by atoms with van der Waals surface area (Å²) >= 11 is 0. The fourth-order valence-electron chi connectivity index (χ4n) is 4.23. The first-order chi connectivity index (χ1) is 12.4. The maximum absolute atomic E-state index is 13.1. The number of para-hydroxylation sites is 1. The second kappa shape index (κ2) is 6.21. The molecule has 1 spiro atoms. The van der Waals surface area contributed by atoms with Gasteiger partial charge < -0.3 is 4.90 Å². The van der Waals surface area contributed by atoms with Gasteiger partial charge in [-0.1, -0.05) is 36.4 Å². The van der Waals surface area contributed by atoms with Crippen LogP contribution >= 0.6 is 0 Å². The van der Waals surface area contributed by atoms with E-state index in [-0.39, 0.29) is 11.3 Å². The third-order valence-corrected chi connectivity index (χ3v) is 6.95. The molecule has 1 amide bonds. The summed E-state index contributed by atoms with van der Waals surface area (Å²) in [5.74, 6) is 0.0166. The molecule has 0 bridgehead atoms. The van der Waals surface area contributed by atoms with Crippen molar-refractivity contribution in [1.29, 1.82) is 0 Å². The van der Waals surface area contributed by atoms with Gasteiger partial charge in [0.1, 0.15) is 0 Å². The van der Waals surface area contributed by atoms with E-state index in [1.807, 2.05) is 59.5 Å². The SMILES string of the molecule is CS(=O)(=O)N1CCC2(CC1)CN(c1ccccc1)C(=O)c1ccccc12. The van der Waals surface area contributed by atoms with Crippen LogP contribution in [0.15, 0.2) is 54.6 Å². The quantitative estimate of drug-likeness (QED) is 0.817. The van der Waals surface area contributed by atoms with Gasteiger partial charge in [0.25, 0.3) is 5.91 Å². The minimum Gasteiger partial charge on any atom is -0.307 e. The van der Waals surface area contributed by atoms with E-state index in [1.165, 1.54) is 6.26 Å². The summed E-state index contributed by atoms with van der Waals surface area (Å²) in [6, 6.07) is 17.5. The Balaban J connectivity index is 1.75. The largest absolute Gasteiger partial charge is 0.307 e. The van der Waals surface area contributed by atoms with Gasteiger partial charge in [0.15, 0.2) is 0 Å². The van der Waals surface area contributed by atoms with E-state index in [1.54, 1.807) is 4.31 Å². The zero-order chi connectivity index (χ0) is 18.4. The number of nitrogens with zero attached hydrogens (tertiary/aromatic N) is 2. The molecule has 2 aliphatic heterocycles. The Morgan fingerprint density at radius 1 is 0.923 bits per heavy atom. The zero-order valence-corrected chi connectivity index (χ0v) is 15.6. The number of hydrogen-bond acceptors (Lipinski definition) is 3. The van der Waals surface area contributed by atoms with E-state index in [0.29, 0.717) is 32.5 Å². The van der Waals surface area contributed by atoms with Crippen LogP contribution < -0.4 is 4.90 Å². The molecule has 2 aromatic carbocycles. The summed E-state index contributed by atoms with van der Waals surface area (Å²) in [7, 11) is -3.18. The van der Waals surface area contributed by atoms with Gasteiger partial charge in [-0.2, -0.15) is 0 Å². The number of amides is 1. The summed E-state index contributed by atoms with van der Waals surface area (Å²) in [4.78, 5) is 14.9. The molecule has 6 heteroatoms. The van der Waals surface area contributed by atoms with Gasteiger partial charge in [0, 0.05) is 36.3 Å². The van der Waals surface area contributed by atoms with Crippen molar-refractivity contribution in [3.63, 3.8) is 0 Å². The number of piperidine rings is 1. The van der Waals surface area contributed by atoms with Gasteiger partial charge >= 0.3 is 0 Å². The Bertz CT molecular complexity index is 933. The monoisotopic (exact) mass is 370 g/mol. The van der Waals surface area contributed by atoms with Crippen molar-refractivity contribution in [2.75, 3.05) is 30.8 Å². The second-order valence-electron chi connectivity index (χ2n) is 7.21. The Kier molecular flexibility index (Phi) is 4.12. The highest BCUT2D eigenvalue weighted by molar-refractivity contribution is 7.88. The standard InChI is InChI=1S/C20H22N2O3S/c1-26(24,25)21-13-11-20(12-14-21)15-22(16-7-3-2-4-8-16)19(23)17-9-5-6-10-18(17)20/h2-10H,11-15H2,1H3. The highest BCUT2D eigenvalue weighted by atomic mass is 32.2. The molecule has 0 atom stereocenters. The van der Waals surface area contributed by atoms with Crippen molar-refractivity contribution in [3.8, 4) is 0 Å². The van der Waals surface area contributed by atoms with Crippen molar-refractivity contribution < 1.29 is 13.2 Å². The highest BCUT2D eigenvalue weighted by Gasteiger charge is 2.46. The minimum atomic E-state index is -3.18. The molecular formula is C20H22N2O3S. The van der Waals surface area contributed by atoms with Gasteiger partial charge in [-0.25, -0.2) is 12.7 Å². The third kappa shape index (κ3) is 2.83. The van der Waals surface area contributed by atoms with Crippen LogP contribution in [0.2, 0.25) is 0 Å². The summed E-state index contributed by atoms with van der Waals surface area (Å²) < 4.78 is 25.4. The lowest BCUT2D eigenvalue weighted by Crippen LogP contribution is -2.55. The molecule has 136 valence electrons. The summed E-state index contributed by atoms with van der Waals surface area (Å²) in [5.41, 5.74) is 2.47. The van der Waals surface area contributed by atoms with Crippen LogP contribution in [0.4, 0.5) is 5.69 Å². The van der Waals surface area contributed by atoms with Crippen LogP contribution in [0.3, 0.4) is 0 Å². The predicted octanol–water partition coefficient (Wildman–Crippen LogP) is 2.64. The fourth-order valence-corrected chi connectivity index (χ4v) is 5.07. The average Bonchev–Trinajstić information content (AvgIpc) is 2.65. The number of anilines is 1. The van der Waals surface area contributed by atoms with E-state index in [0.717, 1.165) is 16.8 Å². The van der Waals surface area contributed by atoms with E-state index in [2.05, 4.69) is 0 Å². The Morgan fingerprint density at radius 2 is 1.54 bits per heavy atom. The normalized spacial score (nSPS) is 20.2. The Morgan fingerprint density at radius 3 is 2.19 bits per heavy atom. The number of carbonyl (C=O) groups excluding carboxylic acids is 1. The van der Waals surface area contributed by atoms with Gasteiger partial charge in [-0.05, 0) is 36.6 Å². The van der Waals surface area contributed by atoms with Crippen LogP contribution in [0.1, 0.15) is 28.8 Å². The molecule has 26 heavy (non-hydrogen) atoms. The molecule has 1 saturated heterocycles. The van der Waals surface area contributed by atoms with Gasteiger partial charge in [-0.3, -0.25) is 4.79 Å². The lowest BCUT2D eigenvalue weighted by molar-refractivity contribution is 0.0951. The molecular weight excluding hydrogens is 348 g/mol. The Labute approximate surface area is 154 Å². The lowest BCUT2D eigenvalue weighted by Gasteiger charge is -2.47. The molecule has 4 rings (SSSR count). The molecule has 2 aliphatic rings. The molecule has 0 aromatic heterocycles.